The molecular formula is C26H33N5O2. The summed E-state index contributed by atoms with van der Waals surface area (Å²) in [6.45, 7) is 10.8. The van der Waals surface area contributed by atoms with Gasteiger partial charge in [0.05, 0.1) is 24.3 Å². The van der Waals surface area contributed by atoms with E-state index >= 15 is 0 Å². The second-order valence-electron chi connectivity index (χ2n) is 9.22. The topological polar surface area (TPSA) is 70.5 Å². The van der Waals surface area contributed by atoms with Crippen LogP contribution in [0.15, 0.2) is 53.5 Å². The van der Waals surface area contributed by atoms with E-state index in [2.05, 4.69) is 38.3 Å². The van der Waals surface area contributed by atoms with Crippen molar-refractivity contribution in [2.45, 2.75) is 39.9 Å². The lowest BCUT2D eigenvalue weighted by molar-refractivity contribution is -0.123. The number of pyridine rings is 2. The Morgan fingerprint density at radius 1 is 1.03 bits per heavy atom. The molecule has 0 atom stereocenters. The molecule has 7 nitrogen and oxygen atoms in total. The van der Waals surface area contributed by atoms with Crippen molar-refractivity contribution in [3.8, 4) is 0 Å². The van der Waals surface area contributed by atoms with Crippen molar-refractivity contribution in [2.75, 3.05) is 32.7 Å². The van der Waals surface area contributed by atoms with E-state index in [0.717, 1.165) is 53.9 Å². The molecule has 33 heavy (non-hydrogen) atoms. The molecule has 1 fully saturated rings. The summed E-state index contributed by atoms with van der Waals surface area (Å²) in [7, 11) is 0. The predicted molar refractivity (Wildman–Crippen MR) is 131 cm³/mol. The molecule has 0 saturated carbocycles. The predicted octanol–water partition coefficient (Wildman–Crippen LogP) is 2.40. The van der Waals surface area contributed by atoms with E-state index in [4.69, 9.17) is 0 Å². The van der Waals surface area contributed by atoms with E-state index in [0.29, 0.717) is 19.6 Å². The maximum Gasteiger partial charge on any atom is 0.255 e. The first-order valence-corrected chi connectivity index (χ1v) is 11.7. The van der Waals surface area contributed by atoms with E-state index < -0.39 is 0 Å². The molecule has 7 heteroatoms. The number of fused-ring (bicyclic) bond motifs is 1. The first-order chi connectivity index (χ1) is 15.9. The second kappa shape index (κ2) is 10.3. The van der Waals surface area contributed by atoms with Gasteiger partial charge in [0.15, 0.2) is 0 Å². The van der Waals surface area contributed by atoms with Crippen molar-refractivity contribution in [3.63, 3.8) is 0 Å². The molecule has 1 N–H and O–H groups in total. The highest BCUT2D eigenvalue weighted by atomic mass is 16.2. The quantitative estimate of drug-likeness (QED) is 0.602. The van der Waals surface area contributed by atoms with Crippen LogP contribution in [0.3, 0.4) is 0 Å². The second-order valence-corrected chi connectivity index (χ2v) is 9.22. The van der Waals surface area contributed by atoms with Crippen LogP contribution >= 0.6 is 0 Å². The largest absolute Gasteiger partial charge is 0.353 e. The third-order valence-electron chi connectivity index (χ3n) is 6.05. The molecule has 3 heterocycles. The zero-order valence-electron chi connectivity index (χ0n) is 19.8. The summed E-state index contributed by atoms with van der Waals surface area (Å²) >= 11 is 0. The number of hydrogen-bond acceptors (Lipinski definition) is 5. The summed E-state index contributed by atoms with van der Waals surface area (Å²) in [5, 5.41) is 4.02. The van der Waals surface area contributed by atoms with Crippen LogP contribution in [-0.2, 0) is 17.9 Å². The van der Waals surface area contributed by atoms with E-state index in [1.807, 2.05) is 49.6 Å². The van der Waals surface area contributed by atoms with Crippen molar-refractivity contribution >= 4 is 16.8 Å². The zero-order valence-corrected chi connectivity index (χ0v) is 19.8. The standard InChI is InChI=1S/C26H33N5O2/c1-19(2)28-25(32)18-30-12-10-29(11-13-30)16-22-15-21-8-7-20(3)14-24(21)31(26(22)33)17-23-6-4-5-9-27-23/h4-9,14-15,19H,10-13,16-18H2,1-3H3,(H,28,32). The lowest BCUT2D eigenvalue weighted by Crippen LogP contribution is -2.50. The van der Waals surface area contributed by atoms with E-state index in [1.165, 1.54) is 0 Å². The SMILES string of the molecule is Cc1ccc2cc(CN3CCN(CC(=O)NC(C)C)CC3)c(=O)n(Cc3ccccn3)c2c1. The molecule has 4 rings (SSSR count). The van der Waals surface area contributed by atoms with Crippen molar-refractivity contribution in [1.29, 1.82) is 0 Å². The van der Waals surface area contributed by atoms with Gasteiger partial charge in [0.1, 0.15) is 0 Å². The van der Waals surface area contributed by atoms with E-state index in [-0.39, 0.29) is 17.5 Å². The van der Waals surface area contributed by atoms with Gasteiger partial charge in [-0.3, -0.25) is 24.4 Å². The molecule has 1 aliphatic heterocycles. The average molecular weight is 448 g/mol. The maximum atomic E-state index is 13.5. The van der Waals surface area contributed by atoms with Crippen molar-refractivity contribution in [1.82, 2.24) is 24.7 Å². The Balaban J connectivity index is 1.52. The van der Waals surface area contributed by atoms with Crippen LogP contribution in [0, 0.1) is 6.92 Å². The number of aryl methyl sites for hydroxylation is 1. The first-order valence-electron chi connectivity index (χ1n) is 11.7. The van der Waals surface area contributed by atoms with Crippen molar-refractivity contribution in [2.24, 2.45) is 0 Å². The van der Waals surface area contributed by atoms with Crippen LogP contribution in [0.25, 0.3) is 10.9 Å². The number of rotatable bonds is 7. The number of piperazine rings is 1. The van der Waals surface area contributed by atoms with Gasteiger partial charge in [-0.05, 0) is 56.0 Å². The molecular weight excluding hydrogens is 414 g/mol. The van der Waals surface area contributed by atoms with Gasteiger partial charge >= 0.3 is 0 Å². The molecule has 2 aromatic heterocycles. The van der Waals surface area contributed by atoms with Crippen LogP contribution in [-0.4, -0.2) is 64.0 Å². The minimum Gasteiger partial charge on any atom is -0.353 e. The molecule has 1 aromatic carbocycles. The Morgan fingerprint density at radius 2 is 1.79 bits per heavy atom. The lowest BCUT2D eigenvalue weighted by Gasteiger charge is -2.34. The fourth-order valence-electron chi connectivity index (χ4n) is 4.38. The summed E-state index contributed by atoms with van der Waals surface area (Å²) in [6.07, 6.45) is 1.76. The van der Waals surface area contributed by atoms with Gasteiger partial charge in [0.25, 0.3) is 5.56 Å². The summed E-state index contributed by atoms with van der Waals surface area (Å²) in [5.74, 6) is 0.0701. The summed E-state index contributed by atoms with van der Waals surface area (Å²) in [4.78, 5) is 34.5. The number of aromatic nitrogens is 2. The van der Waals surface area contributed by atoms with Crippen LogP contribution in [0.5, 0.6) is 0 Å². The number of carbonyl (C=O) groups is 1. The molecule has 0 aliphatic carbocycles. The highest BCUT2D eigenvalue weighted by Crippen LogP contribution is 2.18. The van der Waals surface area contributed by atoms with Crippen LogP contribution < -0.4 is 10.9 Å². The molecule has 0 spiro atoms. The molecule has 1 aliphatic rings. The van der Waals surface area contributed by atoms with Gasteiger partial charge in [-0.15, -0.1) is 0 Å². The smallest absolute Gasteiger partial charge is 0.255 e. The number of benzene rings is 1. The molecule has 0 radical (unpaired) electrons. The lowest BCUT2D eigenvalue weighted by atomic mass is 10.1. The van der Waals surface area contributed by atoms with Crippen molar-refractivity contribution < 1.29 is 4.79 Å². The molecule has 0 unspecified atom stereocenters. The summed E-state index contributed by atoms with van der Waals surface area (Å²) in [5.41, 5.74) is 3.77. The Kier molecular flexibility index (Phi) is 7.20. The zero-order chi connectivity index (χ0) is 23.4. The molecule has 0 bridgehead atoms. The molecule has 174 valence electrons. The number of carbonyl (C=O) groups excluding carboxylic acids is 1. The number of amides is 1. The monoisotopic (exact) mass is 447 g/mol. The number of nitrogens with zero attached hydrogens (tertiary/aromatic N) is 4. The highest BCUT2D eigenvalue weighted by molar-refractivity contribution is 5.80. The Labute approximate surface area is 195 Å². The first kappa shape index (κ1) is 23.1. The fraction of sp³-hybridized carbons (Fsp3) is 0.423. The average Bonchev–Trinajstić information content (AvgIpc) is 2.78. The van der Waals surface area contributed by atoms with Gasteiger partial charge in [0, 0.05) is 50.5 Å². The van der Waals surface area contributed by atoms with Gasteiger partial charge in [-0.25, -0.2) is 0 Å². The van der Waals surface area contributed by atoms with E-state index in [9.17, 15) is 9.59 Å². The highest BCUT2D eigenvalue weighted by Gasteiger charge is 2.21. The molecule has 3 aromatic rings. The third-order valence-corrected chi connectivity index (χ3v) is 6.05. The Bertz CT molecular complexity index is 1160. The number of hydrogen-bond donors (Lipinski definition) is 1. The van der Waals surface area contributed by atoms with Gasteiger partial charge in [0.2, 0.25) is 5.91 Å². The van der Waals surface area contributed by atoms with Gasteiger partial charge < -0.3 is 9.88 Å². The van der Waals surface area contributed by atoms with Crippen LogP contribution in [0.1, 0.15) is 30.7 Å². The Morgan fingerprint density at radius 3 is 2.48 bits per heavy atom. The molecule has 1 saturated heterocycles. The van der Waals surface area contributed by atoms with Gasteiger partial charge in [-0.1, -0.05) is 18.2 Å². The maximum absolute atomic E-state index is 13.5. The van der Waals surface area contributed by atoms with Crippen LogP contribution in [0.4, 0.5) is 0 Å². The molecule has 1 amide bonds. The van der Waals surface area contributed by atoms with Crippen molar-refractivity contribution in [3.05, 3.63) is 75.8 Å². The summed E-state index contributed by atoms with van der Waals surface area (Å²) < 4.78 is 1.85. The Hall–Kier alpha value is -3.03. The minimum atomic E-state index is 0.0393. The van der Waals surface area contributed by atoms with E-state index in [1.54, 1.807) is 6.20 Å². The fourth-order valence-corrected chi connectivity index (χ4v) is 4.38. The third kappa shape index (κ3) is 5.86. The normalized spacial score (nSPS) is 15.3. The van der Waals surface area contributed by atoms with Crippen LogP contribution in [0.2, 0.25) is 0 Å². The minimum absolute atomic E-state index is 0.0393. The summed E-state index contributed by atoms with van der Waals surface area (Å²) in [6, 6.07) is 14.2. The van der Waals surface area contributed by atoms with Gasteiger partial charge in [-0.2, -0.15) is 0 Å². The number of nitrogens with one attached hydrogen (secondary N) is 1.